The minimum absolute atomic E-state index is 0.0380. The minimum atomic E-state index is -5.07. The molecule has 9 nitrogen and oxygen atoms in total. The zero-order valence-corrected chi connectivity index (χ0v) is 19.8. The van der Waals surface area contributed by atoms with E-state index in [0.717, 1.165) is 24.3 Å². The van der Waals surface area contributed by atoms with Gasteiger partial charge in [0.2, 0.25) is 0 Å². The van der Waals surface area contributed by atoms with Crippen molar-refractivity contribution < 1.29 is 46.5 Å². The molecule has 4 N–H and O–H groups in total. The molecule has 0 aliphatic rings. The Morgan fingerprint density at radius 2 is 1.73 bits per heavy atom. The number of hydrogen-bond donors (Lipinski definition) is 3. The Kier molecular flexibility index (Phi) is 8.03. The molecule has 37 heavy (non-hydrogen) atoms. The molecule has 2 aromatic carbocycles. The van der Waals surface area contributed by atoms with E-state index in [1.165, 1.54) is 18.3 Å². The van der Waals surface area contributed by atoms with Crippen molar-refractivity contribution >= 4 is 49.1 Å². The summed E-state index contributed by atoms with van der Waals surface area (Å²) >= 11 is 3.05. The second kappa shape index (κ2) is 10.7. The van der Waals surface area contributed by atoms with Gasteiger partial charge in [0.25, 0.3) is 11.8 Å². The number of aromatic nitrogens is 1. The summed E-state index contributed by atoms with van der Waals surface area (Å²) in [6.45, 7) is 0. The third kappa shape index (κ3) is 7.85. The summed E-state index contributed by atoms with van der Waals surface area (Å²) in [6.07, 6.45) is -3.89. The van der Waals surface area contributed by atoms with Crippen LogP contribution in [0.1, 0.15) is 20.8 Å². The number of rotatable bonds is 8. The topological polar surface area (TPSA) is 133 Å². The van der Waals surface area contributed by atoms with Crippen LogP contribution in [0, 0.1) is 5.82 Å². The van der Waals surface area contributed by atoms with Crippen LogP contribution in [0.5, 0.6) is 23.0 Å². The van der Waals surface area contributed by atoms with Gasteiger partial charge in [0, 0.05) is 22.4 Å². The summed E-state index contributed by atoms with van der Waals surface area (Å²) in [5.41, 5.74) is 1.50. The van der Waals surface area contributed by atoms with Crippen LogP contribution < -0.4 is 25.3 Å². The van der Waals surface area contributed by atoms with Crippen molar-refractivity contribution in [1.82, 2.24) is 4.98 Å². The van der Waals surface area contributed by atoms with Gasteiger partial charge in [-0.2, -0.15) is 0 Å². The lowest BCUT2D eigenvalue weighted by atomic mass is 9.76. The van der Waals surface area contributed by atoms with Crippen LogP contribution in [0.4, 0.5) is 23.2 Å². The number of carbonyl (C=O) groups excluding carboxylic acids is 2. The van der Waals surface area contributed by atoms with Crippen LogP contribution >= 0.6 is 15.9 Å². The fourth-order valence-electron chi connectivity index (χ4n) is 2.83. The highest BCUT2D eigenvalue weighted by Gasteiger charge is 2.32. The standard InChI is InChI=1S/C21H12B2BrF4N3O6/c22-20(23,34)37-15-8-11(36-21(26,27)28)1-2-14(15)35-16-6-9(24)5-12(25)17(16)19(33)31-10-3-4-30-13(7-10)18(29)32/h1-8,34H,(H2,29,32)(H,30,31,33). The number of anilines is 1. The Morgan fingerprint density at radius 1 is 1.03 bits per heavy atom. The normalized spacial score (nSPS) is 11.5. The van der Waals surface area contributed by atoms with Crippen LogP contribution in [0.25, 0.3) is 0 Å². The van der Waals surface area contributed by atoms with Gasteiger partial charge >= 0.3 is 6.36 Å². The molecule has 16 heteroatoms. The second-order valence-electron chi connectivity index (χ2n) is 7.12. The van der Waals surface area contributed by atoms with Crippen molar-refractivity contribution in [2.45, 2.75) is 11.9 Å². The van der Waals surface area contributed by atoms with E-state index in [0.29, 0.717) is 6.07 Å². The lowest BCUT2D eigenvalue weighted by Crippen LogP contribution is -2.36. The summed E-state index contributed by atoms with van der Waals surface area (Å²) in [7, 11) is 10.4. The van der Waals surface area contributed by atoms with Gasteiger partial charge < -0.3 is 30.4 Å². The lowest BCUT2D eigenvalue weighted by molar-refractivity contribution is -0.274. The summed E-state index contributed by atoms with van der Waals surface area (Å²) in [4.78, 5) is 28.0. The number of ether oxygens (including phenoxy) is 3. The highest BCUT2D eigenvalue weighted by atomic mass is 79.9. The van der Waals surface area contributed by atoms with Crippen molar-refractivity contribution in [2.75, 3.05) is 5.32 Å². The zero-order valence-electron chi connectivity index (χ0n) is 18.2. The number of nitrogens with two attached hydrogens (primary N) is 1. The number of amides is 2. The van der Waals surface area contributed by atoms with Crippen molar-refractivity contribution in [1.29, 1.82) is 0 Å². The van der Waals surface area contributed by atoms with Crippen LogP contribution in [0.2, 0.25) is 0 Å². The Labute approximate surface area is 216 Å². The molecule has 4 radical (unpaired) electrons. The smallest absolute Gasteiger partial charge is 0.478 e. The Hall–Kier alpha value is -3.78. The van der Waals surface area contributed by atoms with E-state index >= 15 is 0 Å². The maximum atomic E-state index is 14.9. The monoisotopic (exact) mass is 579 g/mol. The average molecular weight is 580 g/mol. The van der Waals surface area contributed by atoms with Gasteiger partial charge in [0.05, 0.1) is 0 Å². The van der Waals surface area contributed by atoms with Gasteiger partial charge in [0.1, 0.15) is 34.2 Å². The quantitative estimate of drug-likeness (QED) is 0.212. The summed E-state index contributed by atoms with van der Waals surface area (Å²) in [5.74, 6) is -5.31. The molecule has 0 saturated heterocycles. The van der Waals surface area contributed by atoms with Gasteiger partial charge in [-0.05, 0) is 36.4 Å². The number of nitrogens with one attached hydrogen (secondary N) is 1. The van der Waals surface area contributed by atoms with Gasteiger partial charge in [-0.25, -0.2) is 4.39 Å². The molecule has 3 aromatic rings. The predicted molar refractivity (Wildman–Crippen MR) is 125 cm³/mol. The molecular weight excluding hydrogens is 568 g/mol. The number of alkyl halides is 3. The second-order valence-corrected chi connectivity index (χ2v) is 8.04. The highest BCUT2D eigenvalue weighted by Crippen LogP contribution is 2.40. The molecule has 0 atom stereocenters. The van der Waals surface area contributed by atoms with E-state index in [2.05, 4.69) is 31.0 Å². The van der Waals surface area contributed by atoms with E-state index in [4.69, 9.17) is 30.9 Å². The first-order valence-electron chi connectivity index (χ1n) is 9.74. The number of pyridine rings is 1. The average Bonchev–Trinajstić information content (AvgIpc) is 2.73. The molecule has 2 amide bonds. The summed E-state index contributed by atoms with van der Waals surface area (Å²) < 4.78 is 67.0. The van der Waals surface area contributed by atoms with E-state index in [9.17, 15) is 32.3 Å². The summed E-state index contributed by atoms with van der Waals surface area (Å²) in [6, 6.07) is 6.93. The van der Waals surface area contributed by atoms with Gasteiger partial charge in [-0.15, -0.1) is 13.2 Å². The van der Waals surface area contributed by atoms with Gasteiger partial charge in [0.15, 0.2) is 27.2 Å². The lowest BCUT2D eigenvalue weighted by Gasteiger charge is -2.24. The van der Waals surface area contributed by atoms with Gasteiger partial charge in [-0.1, -0.05) is 15.9 Å². The molecule has 0 bridgehead atoms. The van der Waals surface area contributed by atoms with Crippen molar-refractivity contribution in [2.24, 2.45) is 5.73 Å². The fourth-order valence-corrected chi connectivity index (χ4v) is 3.24. The molecule has 0 aliphatic heterocycles. The number of primary amides is 1. The van der Waals surface area contributed by atoms with Crippen molar-refractivity contribution in [3.8, 4) is 23.0 Å². The molecule has 3 rings (SSSR count). The number of aliphatic hydroxyl groups is 1. The van der Waals surface area contributed by atoms with Crippen LogP contribution in [0.3, 0.4) is 0 Å². The number of halogens is 5. The molecule has 0 saturated carbocycles. The molecule has 1 heterocycles. The molecule has 188 valence electrons. The Bertz CT molecular complexity index is 1350. The number of carbonyl (C=O) groups is 2. The van der Waals surface area contributed by atoms with Crippen LogP contribution in [-0.4, -0.2) is 49.5 Å². The number of benzene rings is 2. The largest absolute Gasteiger partial charge is 0.573 e. The maximum absolute atomic E-state index is 14.9. The SMILES string of the molecule is [B]C([B])(O)Oc1cc(OC(F)(F)F)ccc1Oc1cc(Br)cc(F)c1C(=O)Nc1ccnc(C(N)=O)c1. The molecule has 0 aliphatic carbocycles. The van der Waals surface area contributed by atoms with Crippen molar-refractivity contribution in [3.05, 3.63) is 70.2 Å². The number of hydrogen-bond acceptors (Lipinski definition) is 7. The maximum Gasteiger partial charge on any atom is 0.573 e. The van der Waals surface area contributed by atoms with Crippen molar-refractivity contribution in [3.63, 3.8) is 0 Å². The molecule has 0 unspecified atom stereocenters. The first-order chi connectivity index (χ1) is 17.1. The van der Waals surface area contributed by atoms with E-state index in [-0.39, 0.29) is 15.9 Å². The number of nitrogens with zero attached hydrogens (tertiary/aromatic N) is 1. The first kappa shape index (κ1) is 27.8. The molecule has 1 aromatic heterocycles. The highest BCUT2D eigenvalue weighted by molar-refractivity contribution is 9.10. The van der Waals surface area contributed by atoms with Crippen LogP contribution in [0.15, 0.2) is 53.1 Å². The first-order valence-corrected chi connectivity index (χ1v) is 10.5. The Balaban J connectivity index is 2.01. The van der Waals surface area contributed by atoms with Crippen LogP contribution in [-0.2, 0) is 0 Å². The molecule has 0 fully saturated rings. The third-order valence-corrected chi connectivity index (χ3v) is 4.62. The predicted octanol–water partition coefficient (Wildman–Crippen LogP) is 3.34. The third-order valence-electron chi connectivity index (χ3n) is 4.16. The van der Waals surface area contributed by atoms with Gasteiger partial charge in [-0.3, -0.25) is 14.6 Å². The molecular formula is C21H12B2BrF4N3O6. The Morgan fingerprint density at radius 3 is 2.35 bits per heavy atom. The minimum Gasteiger partial charge on any atom is -0.478 e. The van der Waals surface area contributed by atoms with E-state index in [1.54, 1.807) is 0 Å². The zero-order chi connectivity index (χ0) is 27.5. The van der Waals surface area contributed by atoms with E-state index < -0.39 is 58.1 Å². The summed E-state index contributed by atoms with van der Waals surface area (Å²) in [5, 5.41) is 11.9. The molecule has 0 spiro atoms. The fraction of sp³-hybridized carbons (Fsp3) is 0.0952. The van der Waals surface area contributed by atoms with E-state index in [1.807, 2.05) is 0 Å².